The lowest BCUT2D eigenvalue weighted by Crippen LogP contribution is -2.51. The van der Waals surface area contributed by atoms with Crippen molar-refractivity contribution in [3.05, 3.63) is 11.5 Å². The van der Waals surface area contributed by atoms with Gasteiger partial charge in [-0.2, -0.15) is 0 Å². The van der Waals surface area contributed by atoms with Gasteiger partial charge in [0.2, 0.25) is 5.96 Å². The lowest BCUT2D eigenvalue weighted by Gasteiger charge is -2.33. The van der Waals surface area contributed by atoms with Gasteiger partial charge in [0.05, 0.1) is 6.54 Å². The van der Waals surface area contributed by atoms with Crippen LogP contribution >= 0.6 is 0 Å². The van der Waals surface area contributed by atoms with Crippen LogP contribution in [0.15, 0.2) is 4.99 Å². The third kappa shape index (κ3) is 1.82. The van der Waals surface area contributed by atoms with Crippen molar-refractivity contribution in [2.45, 2.75) is 27.2 Å². The summed E-state index contributed by atoms with van der Waals surface area (Å²) in [4.78, 5) is 28.4. The number of anilines is 1. The molecule has 0 fully saturated rings. The number of hydrogen-bond donors (Lipinski definition) is 1. The summed E-state index contributed by atoms with van der Waals surface area (Å²) in [5.74, 6) is 2.84. The van der Waals surface area contributed by atoms with Crippen LogP contribution in [0.3, 0.4) is 0 Å². The summed E-state index contributed by atoms with van der Waals surface area (Å²) in [5.41, 5.74) is 0.610. The van der Waals surface area contributed by atoms with Gasteiger partial charge >= 0.3 is 0 Å². The van der Waals surface area contributed by atoms with E-state index in [1.165, 1.54) is 0 Å². The maximum Gasteiger partial charge on any atom is 0.280 e. The van der Waals surface area contributed by atoms with Crippen LogP contribution in [0.25, 0.3) is 0 Å². The molecule has 0 aromatic carbocycles. The lowest BCUT2D eigenvalue weighted by molar-refractivity contribution is 0.0846. The Morgan fingerprint density at radius 2 is 2.21 bits per heavy atom. The topological polar surface area (TPSA) is 64.6 Å². The van der Waals surface area contributed by atoms with E-state index in [1.54, 1.807) is 4.90 Å². The molecule has 0 aliphatic carbocycles. The highest BCUT2D eigenvalue weighted by Gasteiger charge is 2.39. The highest BCUT2D eigenvalue weighted by molar-refractivity contribution is 6.17. The first-order valence-corrected chi connectivity index (χ1v) is 6.84. The van der Waals surface area contributed by atoms with Gasteiger partial charge in [-0.1, -0.05) is 20.8 Å². The Hall–Kier alpha value is -1.85. The zero-order valence-corrected chi connectivity index (χ0v) is 11.6. The number of carbonyl (C=O) groups excluding carboxylic acids is 1. The van der Waals surface area contributed by atoms with Gasteiger partial charge in [0.25, 0.3) is 5.91 Å². The summed E-state index contributed by atoms with van der Waals surface area (Å²) in [6.07, 6.45) is 0.794. The van der Waals surface area contributed by atoms with Gasteiger partial charge in [-0.15, -0.1) is 0 Å². The largest absolute Gasteiger partial charge is 0.336 e. The molecule has 1 aromatic rings. The average Bonchev–Trinajstić information content (AvgIpc) is 3.00. The van der Waals surface area contributed by atoms with Crippen molar-refractivity contribution in [3.8, 4) is 0 Å². The molecular formula is C13H19N5O. The number of aromatic amines is 1. The molecule has 1 amide bonds. The van der Waals surface area contributed by atoms with Crippen LogP contribution in [0.2, 0.25) is 0 Å². The predicted molar refractivity (Wildman–Crippen MR) is 73.5 cm³/mol. The number of nitrogens with one attached hydrogen (secondary N) is 1. The SMILES string of the molecule is CCc1nc2c([nH]1)C(=O)N1CCN=C1N2CC(C)C. The number of rotatable bonds is 3. The second-order valence-electron chi connectivity index (χ2n) is 5.38. The fourth-order valence-electron chi connectivity index (χ4n) is 2.55. The van der Waals surface area contributed by atoms with Crippen molar-refractivity contribution in [1.29, 1.82) is 0 Å². The molecule has 6 heteroatoms. The van der Waals surface area contributed by atoms with Crippen molar-refractivity contribution in [3.63, 3.8) is 0 Å². The van der Waals surface area contributed by atoms with Crippen molar-refractivity contribution >= 4 is 17.7 Å². The monoisotopic (exact) mass is 261 g/mol. The summed E-state index contributed by atoms with van der Waals surface area (Å²) >= 11 is 0. The number of hydrogen-bond acceptors (Lipinski definition) is 4. The van der Waals surface area contributed by atoms with E-state index in [1.807, 2.05) is 6.92 Å². The van der Waals surface area contributed by atoms with E-state index < -0.39 is 0 Å². The first kappa shape index (κ1) is 12.2. The number of H-pyrrole nitrogens is 1. The van der Waals surface area contributed by atoms with Crippen LogP contribution in [0.5, 0.6) is 0 Å². The van der Waals surface area contributed by atoms with E-state index in [2.05, 4.69) is 33.7 Å². The summed E-state index contributed by atoms with van der Waals surface area (Å²) in [7, 11) is 0. The van der Waals surface area contributed by atoms with Crippen molar-refractivity contribution in [2.75, 3.05) is 24.5 Å². The Morgan fingerprint density at radius 3 is 2.89 bits per heavy atom. The molecule has 0 spiro atoms. The Labute approximate surface area is 112 Å². The Balaban J connectivity index is 2.08. The summed E-state index contributed by atoms with van der Waals surface area (Å²) < 4.78 is 0. The van der Waals surface area contributed by atoms with Gasteiger partial charge in [-0.25, -0.2) is 4.98 Å². The van der Waals surface area contributed by atoms with E-state index in [-0.39, 0.29) is 5.91 Å². The summed E-state index contributed by atoms with van der Waals surface area (Å²) in [5, 5.41) is 0. The number of aryl methyl sites for hydroxylation is 1. The number of nitrogens with zero attached hydrogens (tertiary/aromatic N) is 4. The second kappa shape index (κ2) is 4.36. The second-order valence-corrected chi connectivity index (χ2v) is 5.38. The molecule has 6 nitrogen and oxygen atoms in total. The van der Waals surface area contributed by atoms with E-state index in [0.717, 1.165) is 30.6 Å². The smallest absolute Gasteiger partial charge is 0.280 e. The first-order chi connectivity index (χ1) is 9.11. The number of imidazole rings is 1. The number of fused-ring (bicyclic) bond motifs is 2. The van der Waals surface area contributed by atoms with Gasteiger partial charge in [0.1, 0.15) is 11.5 Å². The minimum absolute atomic E-state index is 0.00143. The van der Waals surface area contributed by atoms with Crippen molar-refractivity contribution in [1.82, 2.24) is 14.9 Å². The van der Waals surface area contributed by atoms with Crippen LogP contribution in [0.4, 0.5) is 5.82 Å². The van der Waals surface area contributed by atoms with Crippen LogP contribution in [-0.4, -0.2) is 46.4 Å². The molecule has 3 rings (SSSR count). The summed E-state index contributed by atoms with van der Waals surface area (Å²) in [6.45, 7) is 8.51. The van der Waals surface area contributed by atoms with Crippen LogP contribution in [0, 0.1) is 5.92 Å². The standard InChI is InChI=1S/C13H19N5O/c1-4-9-15-10-11(16-9)18(7-8(2)3)13-14-5-6-17(13)12(10)19/h8H,4-7H2,1-3H3,(H,15,16). The van der Waals surface area contributed by atoms with Gasteiger partial charge in [0.15, 0.2) is 5.82 Å². The zero-order valence-electron chi connectivity index (χ0n) is 11.6. The Bertz CT molecular complexity index is 545. The zero-order chi connectivity index (χ0) is 13.6. The first-order valence-electron chi connectivity index (χ1n) is 6.84. The molecule has 1 N–H and O–H groups in total. The van der Waals surface area contributed by atoms with Gasteiger partial charge in [-0.05, 0) is 5.92 Å². The van der Waals surface area contributed by atoms with Crippen molar-refractivity contribution in [2.24, 2.45) is 10.9 Å². The minimum Gasteiger partial charge on any atom is -0.336 e. The lowest BCUT2D eigenvalue weighted by atomic mass is 10.2. The third-order valence-electron chi connectivity index (χ3n) is 3.39. The number of carbonyl (C=O) groups is 1. The van der Waals surface area contributed by atoms with E-state index in [9.17, 15) is 4.79 Å². The number of aliphatic imine (C=N–C) groups is 1. The van der Waals surface area contributed by atoms with Crippen molar-refractivity contribution < 1.29 is 4.79 Å². The average molecular weight is 261 g/mol. The molecule has 0 bridgehead atoms. The van der Waals surface area contributed by atoms with E-state index in [0.29, 0.717) is 24.7 Å². The minimum atomic E-state index is -0.00143. The highest BCUT2D eigenvalue weighted by Crippen LogP contribution is 2.29. The van der Waals surface area contributed by atoms with E-state index >= 15 is 0 Å². The molecule has 19 heavy (non-hydrogen) atoms. The van der Waals surface area contributed by atoms with Crippen LogP contribution in [0.1, 0.15) is 37.1 Å². The number of guanidine groups is 1. The molecule has 2 aliphatic rings. The summed E-state index contributed by atoms with van der Waals surface area (Å²) in [6, 6.07) is 0. The van der Waals surface area contributed by atoms with Gasteiger partial charge in [-0.3, -0.25) is 19.6 Å². The molecule has 0 saturated carbocycles. The molecular weight excluding hydrogens is 242 g/mol. The van der Waals surface area contributed by atoms with Gasteiger partial charge in [0, 0.05) is 19.5 Å². The maximum atomic E-state index is 12.4. The van der Waals surface area contributed by atoms with Crippen LogP contribution in [-0.2, 0) is 6.42 Å². The third-order valence-corrected chi connectivity index (χ3v) is 3.39. The molecule has 0 atom stereocenters. The predicted octanol–water partition coefficient (Wildman–Crippen LogP) is 1.26. The molecule has 2 aliphatic heterocycles. The Morgan fingerprint density at radius 1 is 1.42 bits per heavy atom. The fraction of sp³-hybridized carbons (Fsp3) is 0.615. The van der Waals surface area contributed by atoms with Crippen LogP contribution < -0.4 is 4.90 Å². The fourth-order valence-corrected chi connectivity index (χ4v) is 2.55. The Kier molecular flexibility index (Phi) is 2.80. The van der Waals surface area contributed by atoms with E-state index in [4.69, 9.17) is 0 Å². The molecule has 102 valence electrons. The molecule has 0 saturated heterocycles. The molecule has 0 radical (unpaired) electrons. The maximum absolute atomic E-state index is 12.4. The number of amides is 1. The molecule has 3 heterocycles. The quantitative estimate of drug-likeness (QED) is 0.891. The highest BCUT2D eigenvalue weighted by atomic mass is 16.2. The molecule has 0 unspecified atom stereocenters. The van der Waals surface area contributed by atoms with Gasteiger partial charge < -0.3 is 4.98 Å². The number of aromatic nitrogens is 2. The molecule has 1 aromatic heterocycles. The normalized spacial score (nSPS) is 17.9.